The van der Waals surface area contributed by atoms with E-state index in [9.17, 15) is 4.39 Å². The summed E-state index contributed by atoms with van der Waals surface area (Å²) >= 11 is 0. The predicted octanol–water partition coefficient (Wildman–Crippen LogP) is 2.28. The second-order valence-corrected chi connectivity index (χ2v) is 4.72. The summed E-state index contributed by atoms with van der Waals surface area (Å²) < 4.78 is 15.7. The first-order valence-electron chi connectivity index (χ1n) is 6.26. The van der Waals surface area contributed by atoms with Crippen LogP contribution in [0, 0.1) is 5.82 Å². The van der Waals surface area contributed by atoms with Gasteiger partial charge in [-0.2, -0.15) is 0 Å². The fourth-order valence-corrected chi connectivity index (χ4v) is 2.51. The van der Waals surface area contributed by atoms with Gasteiger partial charge in [-0.1, -0.05) is 18.2 Å². The van der Waals surface area contributed by atoms with Crippen LogP contribution in [0.4, 0.5) is 4.39 Å². The van der Waals surface area contributed by atoms with Crippen LogP contribution in [0.25, 0.3) is 0 Å². The van der Waals surface area contributed by atoms with Gasteiger partial charge in [0.15, 0.2) is 0 Å². The maximum absolute atomic E-state index is 13.6. The summed E-state index contributed by atoms with van der Waals surface area (Å²) in [4.78, 5) is 4.44. The number of nitrogens with zero attached hydrogens (tertiary/aromatic N) is 2. The lowest BCUT2D eigenvalue weighted by atomic mass is 10.1. The second kappa shape index (κ2) is 4.53. The van der Waals surface area contributed by atoms with Crippen molar-refractivity contribution in [3.05, 3.63) is 53.4 Å². The molecule has 3 rings (SSSR count). The molecule has 0 saturated carbocycles. The van der Waals surface area contributed by atoms with Crippen molar-refractivity contribution in [3.63, 3.8) is 0 Å². The van der Waals surface area contributed by atoms with Crippen molar-refractivity contribution in [2.45, 2.75) is 25.9 Å². The van der Waals surface area contributed by atoms with E-state index in [-0.39, 0.29) is 11.9 Å². The molecule has 1 aromatic heterocycles. The molecule has 2 aromatic rings. The molecule has 0 fully saturated rings. The number of imidazole rings is 1. The molecule has 1 unspecified atom stereocenters. The fourth-order valence-electron chi connectivity index (χ4n) is 2.51. The van der Waals surface area contributed by atoms with Crippen LogP contribution >= 0.6 is 0 Å². The average molecular weight is 245 g/mol. The minimum Gasteiger partial charge on any atom is -0.330 e. The highest BCUT2D eigenvalue weighted by Crippen LogP contribution is 2.22. The van der Waals surface area contributed by atoms with Crippen LogP contribution in [0.1, 0.15) is 29.9 Å². The largest absolute Gasteiger partial charge is 0.330 e. The molecule has 1 aliphatic heterocycles. The molecule has 4 heteroatoms. The first-order chi connectivity index (χ1) is 8.75. The lowest BCUT2D eigenvalue weighted by Crippen LogP contribution is -2.29. The zero-order valence-electron chi connectivity index (χ0n) is 10.4. The summed E-state index contributed by atoms with van der Waals surface area (Å²) in [6.07, 6.45) is 2.77. The maximum atomic E-state index is 13.6. The van der Waals surface area contributed by atoms with Gasteiger partial charge in [0.2, 0.25) is 0 Å². The highest BCUT2D eigenvalue weighted by Gasteiger charge is 2.21. The zero-order chi connectivity index (χ0) is 12.5. The Bertz CT molecular complexity index is 562. The summed E-state index contributed by atoms with van der Waals surface area (Å²) in [7, 11) is 0. The van der Waals surface area contributed by atoms with Gasteiger partial charge in [0.1, 0.15) is 5.82 Å². The number of hydrogen-bond donors (Lipinski definition) is 1. The molecule has 0 aliphatic carbocycles. The van der Waals surface area contributed by atoms with Crippen LogP contribution < -0.4 is 5.32 Å². The van der Waals surface area contributed by atoms with Gasteiger partial charge >= 0.3 is 0 Å². The van der Waals surface area contributed by atoms with E-state index in [1.807, 2.05) is 18.5 Å². The molecule has 3 nitrogen and oxygen atoms in total. The van der Waals surface area contributed by atoms with Gasteiger partial charge < -0.3 is 9.88 Å². The van der Waals surface area contributed by atoms with Crippen molar-refractivity contribution < 1.29 is 4.39 Å². The summed E-state index contributed by atoms with van der Waals surface area (Å²) in [5, 5.41) is 3.38. The van der Waals surface area contributed by atoms with Crippen LogP contribution in [0.5, 0.6) is 0 Å². The van der Waals surface area contributed by atoms with Crippen molar-refractivity contribution in [1.82, 2.24) is 14.9 Å². The second-order valence-electron chi connectivity index (χ2n) is 4.72. The van der Waals surface area contributed by atoms with Crippen molar-refractivity contribution in [3.8, 4) is 0 Å². The van der Waals surface area contributed by atoms with E-state index in [4.69, 9.17) is 0 Å². The van der Waals surface area contributed by atoms with E-state index in [1.54, 1.807) is 6.07 Å². The van der Waals surface area contributed by atoms with E-state index in [1.165, 1.54) is 11.8 Å². The molecule has 0 saturated heterocycles. The highest BCUT2D eigenvalue weighted by atomic mass is 19.1. The fraction of sp³-hybridized carbons (Fsp3) is 0.357. The summed E-state index contributed by atoms with van der Waals surface area (Å²) in [6.45, 7) is 3.62. The number of aromatic nitrogens is 2. The zero-order valence-corrected chi connectivity index (χ0v) is 10.4. The van der Waals surface area contributed by atoms with Gasteiger partial charge in [0.25, 0.3) is 0 Å². The number of halogens is 1. The van der Waals surface area contributed by atoms with Gasteiger partial charge in [0, 0.05) is 30.3 Å². The Morgan fingerprint density at radius 3 is 3.11 bits per heavy atom. The molecular formula is C14H16FN3. The van der Waals surface area contributed by atoms with Crippen molar-refractivity contribution in [2.75, 3.05) is 6.54 Å². The quantitative estimate of drug-likeness (QED) is 0.879. The van der Waals surface area contributed by atoms with Crippen molar-refractivity contribution in [2.24, 2.45) is 0 Å². The maximum Gasteiger partial charge on any atom is 0.128 e. The third-order valence-corrected chi connectivity index (χ3v) is 3.50. The smallest absolute Gasteiger partial charge is 0.128 e. The van der Waals surface area contributed by atoms with E-state index in [0.717, 1.165) is 18.7 Å². The normalized spacial score (nSPS) is 18.7. The van der Waals surface area contributed by atoms with E-state index >= 15 is 0 Å². The molecule has 0 amide bonds. The van der Waals surface area contributed by atoms with Gasteiger partial charge in [-0.3, -0.25) is 0 Å². The molecule has 1 atom stereocenters. The Kier molecular flexibility index (Phi) is 2.88. The van der Waals surface area contributed by atoms with Crippen molar-refractivity contribution in [1.29, 1.82) is 0 Å². The van der Waals surface area contributed by atoms with Gasteiger partial charge in [-0.05, 0) is 13.0 Å². The topological polar surface area (TPSA) is 29.9 Å². The number of benzene rings is 1. The molecule has 0 bridgehead atoms. The Labute approximate surface area is 106 Å². The molecule has 0 radical (unpaired) electrons. The predicted molar refractivity (Wildman–Crippen MR) is 67.9 cm³/mol. The van der Waals surface area contributed by atoms with E-state index in [0.29, 0.717) is 12.1 Å². The minimum atomic E-state index is -0.151. The number of nitrogens with one attached hydrogen (secondary N) is 1. The van der Waals surface area contributed by atoms with Crippen LogP contribution in [0.3, 0.4) is 0 Å². The lowest BCUT2D eigenvalue weighted by Gasteiger charge is -2.21. The number of fused-ring (bicyclic) bond motifs is 1. The third kappa shape index (κ3) is 1.93. The van der Waals surface area contributed by atoms with Crippen molar-refractivity contribution >= 4 is 0 Å². The summed E-state index contributed by atoms with van der Waals surface area (Å²) in [5.41, 5.74) is 3.03. The first-order valence-corrected chi connectivity index (χ1v) is 6.26. The molecule has 0 spiro atoms. The third-order valence-electron chi connectivity index (χ3n) is 3.50. The van der Waals surface area contributed by atoms with Crippen LogP contribution in [0.2, 0.25) is 0 Å². The average Bonchev–Trinajstić information content (AvgIpc) is 2.77. The Balaban J connectivity index is 1.92. The van der Waals surface area contributed by atoms with Gasteiger partial charge in [-0.25, -0.2) is 9.37 Å². The summed E-state index contributed by atoms with van der Waals surface area (Å²) in [6, 6.07) is 7.20. The molecule has 2 heterocycles. The molecule has 1 aromatic carbocycles. The SMILES string of the molecule is CC1NCCc2c1ncn2Cc1ccccc1F. The molecule has 18 heavy (non-hydrogen) atoms. The Hall–Kier alpha value is -1.68. The van der Waals surface area contributed by atoms with E-state index < -0.39 is 0 Å². The Morgan fingerprint density at radius 1 is 1.44 bits per heavy atom. The minimum absolute atomic E-state index is 0.151. The standard InChI is InChI=1S/C14H16FN3/c1-10-14-13(6-7-16-10)18(9-17-14)8-11-4-2-3-5-12(11)15/h2-5,9-10,16H,6-8H2,1H3. The highest BCUT2D eigenvalue weighted by molar-refractivity contribution is 5.23. The molecule has 1 aliphatic rings. The lowest BCUT2D eigenvalue weighted by molar-refractivity contribution is 0.514. The van der Waals surface area contributed by atoms with Gasteiger partial charge in [0.05, 0.1) is 18.6 Å². The Morgan fingerprint density at radius 2 is 2.28 bits per heavy atom. The van der Waals surface area contributed by atoms with Crippen LogP contribution in [0.15, 0.2) is 30.6 Å². The summed E-state index contributed by atoms with van der Waals surface area (Å²) in [5.74, 6) is -0.151. The first kappa shape index (κ1) is 11.4. The monoisotopic (exact) mass is 245 g/mol. The van der Waals surface area contributed by atoms with Gasteiger partial charge in [-0.15, -0.1) is 0 Å². The molecule has 94 valence electrons. The molecular weight excluding hydrogens is 229 g/mol. The number of rotatable bonds is 2. The number of hydrogen-bond acceptors (Lipinski definition) is 2. The van der Waals surface area contributed by atoms with Crippen LogP contribution in [-0.2, 0) is 13.0 Å². The van der Waals surface area contributed by atoms with E-state index in [2.05, 4.69) is 21.8 Å². The molecule has 1 N–H and O–H groups in total. The van der Waals surface area contributed by atoms with Crippen LogP contribution in [-0.4, -0.2) is 16.1 Å².